The third kappa shape index (κ3) is 2.83. The standard InChI is InChI=1S/C11H18N2O2/c1-4-11(3,7-12)13-10(14)9-6-5-8(2)15-9/h5-6H,4,7,12H2,1-3H3,(H,13,14). The summed E-state index contributed by atoms with van der Waals surface area (Å²) in [6.07, 6.45) is 0.787. The van der Waals surface area contributed by atoms with E-state index in [1.54, 1.807) is 19.1 Å². The van der Waals surface area contributed by atoms with E-state index in [-0.39, 0.29) is 11.4 Å². The van der Waals surface area contributed by atoms with Crippen molar-refractivity contribution in [3.8, 4) is 0 Å². The molecule has 0 aliphatic rings. The molecule has 1 heterocycles. The van der Waals surface area contributed by atoms with Crippen LogP contribution in [0.25, 0.3) is 0 Å². The van der Waals surface area contributed by atoms with Gasteiger partial charge in [-0.2, -0.15) is 0 Å². The van der Waals surface area contributed by atoms with Crippen molar-refractivity contribution in [2.45, 2.75) is 32.7 Å². The predicted octanol–water partition coefficient (Wildman–Crippen LogP) is 1.45. The summed E-state index contributed by atoms with van der Waals surface area (Å²) in [5.41, 5.74) is 5.24. The summed E-state index contributed by atoms with van der Waals surface area (Å²) in [4.78, 5) is 11.7. The van der Waals surface area contributed by atoms with Crippen molar-refractivity contribution in [2.24, 2.45) is 5.73 Å². The Hall–Kier alpha value is -1.29. The third-order valence-electron chi connectivity index (χ3n) is 2.61. The van der Waals surface area contributed by atoms with Crippen LogP contribution >= 0.6 is 0 Å². The van der Waals surface area contributed by atoms with Gasteiger partial charge in [0, 0.05) is 12.1 Å². The van der Waals surface area contributed by atoms with E-state index in [1.165, 1.54) is 0 Å². The lowest BCUT2D eigenvalue weighted by molar-refractivity contribution is 0.0876. The topological polar surface area (TPSA) is 68.3 Å². The predicted molar refractivity (Wildman–Crippen MR) is 58.7 cm³/mol. The number of rotatable bonds is 4. The number of amides is 1. The lowest BCUT2D eigenvalue weighted by atomic mass is 9.99. The van der Waals surface area contributed by atoms with E-state index in [0.29, 0.717) is 12.3 Å². The molecule has 1 rings (SSSR count). The van der Waals surface area contributed by atoms with Gasteiger partial charge in [0.25, 0.3) is 5.91 Å². The van der Waals surface area contributed by atoms with Gasteiger partial charge < -0.3 is 15.5 Å². The van der Waals surface area contributed by atoms with Crippen LogP contribution in [0.2, 0.25) is 0 Å². The summed E-state index contributed by atoms with van der Waals surface area (Å²) in [5, 5.41) is 2.86. The minimum Gasteiger partial charge on any atom is -0.456 e. The van der Waals surface area contributed by atoms with Gasteiger partial charge in [-0.1, -0.05) is 6.92 Å². The van der Waals surface area contributed by atoms with Crippen molar-refractivity contribution < 1.29 is 9.21 Å². The Morgan fingerprint density at radius 1 is 1.60 bits per heavy atom. The van der Waals surface area contributed by atoms with E-state index < -0.39 is 0 Å². The van der Waals surface area contributed by atoms with Crippen LogP contribution in [-0.4, -0.2) is 18.0 Å². The van der Waals surface area contributed by atoms with Gasteiger partial charge in [-0.25, -0.2) is 0 Å². The summed E-state index contributed by atoms with van der Waals surface area (Å²) < 4.78 is 5.23. The number of nitrogens with two attached hydrogens (primary N) is 1. The Bertz CT molecular complexity index is 340. The maximum absolute atomic E-state index is 11.7. The first-order chi connectivity index (χ1) is 7.00. The van der Waals surface area contributed by atoms with Gasteiger partial charge in [-0.3, -0.25) is 4.79 Å². The molecule has 0 aromatic carbocycles. The van der Waals surface area contributed by atoms with Crippen molar-refractivity contribution in [1.82, 2.24) is 5.32 Å². The maximum atomic E-state index is 11.7. The van der Waals surface area contributed by atoms with E-state index >= 15 is 0 Å². The summed E-state index contributed by atoms with van der Waals surface area (Å²) in [5.74, 6) is 0.852. The number of carbonyl (C=O) groups is 1. The Kier molecular flexibility index (Phi) is 3.52. The molecule has 15 heavy (non-hydrogen) atoms. The van der Waals surface area contributed by atoms with Gasteiger partial charge in [-0.05, 0) is 32.4 Å². The fraction of sp³-hybridized carbons (Fsp3) is 0.545. The monoisotopic (exact) mass is 210 g/mol. The Morgan fingerprint density at radius 2 is 2.27 bits per heavy atom. The second-order valence-corrected chi connectivity index (χ2v) is 3.98. The lowest BCUT2D eigenvalue weighted by Crippen LogP contribution is -2.50. The van der Waals surface area contributed by atoms with Crippen molar-refractivity contribution in [3.05, 3.63) is 23.7 Å². The van der Waals surface area contributed by atoms with Crippen LogP contribution in [0.1, 0.15) is 36.6 Å². The number of carbonyl (C=O) groups excluding carboxylic acids is 1. The zero-order valence-electron chi connectivity index (χ0n) is 9.46. The van der Waals surface area contributed by atoms with E-state index in [4.69, 9.17) is 10.2 Å². The smallest absolute Gasteiger partial charge is 0.287 e. The Morgan fingerprint density at radius 3 is 2.67 bits per heavy atom. The van der Waals surface area contributed by atoms with E-state index in [2.05, 4.69) is 5.32 Å². The van der Waals surface area contributed by atoms with E-state index in [0.717, 1.165) is 12.2 Å². The molecule has 0 spiro atoms. The third-order valence-corrected chi connectivity index (χ3v) is 2.61. The highest BCUT2D eigenvalue weighted by Crippen LogP contribution is 2.11. The number of hydrogen-bond donors (Lipinski definition) is 2. The fourth-order valence-electron chi connectivity index (χ4n) is 1.18. The molecule has 4 heteroatoms. The minimum absolute atomic E-state index is 0.210. The van der Waals surface area contributed by atoms with Crippen LogP contribution in [0.5, 0.6) is 0 Å². The largest absolute Gasteiger partial charge is 0.456 e. The molecule has 1 amide bonds. The molecule has 0 aliphatic carbocycles. The molecule has 1 aromatic heterocycles. The lowest BCUT2D eigenvalue weighted by Gasteiger charge is -2.27. The normalized spacial score (nSPS) is 14.7. The number of aryl methyl sites for hydroxylation is 1. The van der Waals surface area contributed by atoms with Gasteiger partial charge in [0.05, 0.1) is 0 Å². The molecule has 1 aromatic rings. The second-order valence-electron chi connectivity index (χ2n) is 3.98. The molecule has 0 radical (unpaired) electrons. The van der Waals surface area contributed by atoms with Gasteiger partial charge in [0.2, 0.25) is 0 Å². The highest BCUT2D eigenvalue weighted by molar-refractivity contribution is 5.92. The minimum atomic E-state index is -0.363. The van der Waals surface area contributed by atoms with E-state index in [9.17, 15) is 4.79 Å². The quantitative estimate of drug-likeness (QED) is 0.790. The second kappa shape index (κ2) is 4.49. The zero-order valence-corrected chi connectivity index (χ0v) is 9.46. The maximum Gasteiger partial charge on any atom is 0.287 e. The summed E-state index contributed by atoms with van der Waals surface area (Å²) in [6.45, 7) is 6.12. The molecular weight excluding hydrogens is 192 g/mol. The first kappa shape index (κ1) is 11.8. The van der Waals surface area contributed by atoms with Crippen LogP contribution in [0.4, 0.5) is 0 Å². The van der Waals surface area contributed by atoms with Crippen LogP contribution in [-0.2, 0) is 0 Å². The van der Waals surface area contributed by atoms with Gasteiger partial charge in [0.15, 0.2) is 5.76 Å². The van der Waals surface area contributed by atoms with Crippen LogP contribution in [0.15, 0.2) is 16.5 Å². The number of hydrogen-bond acceptors (Lipinski definition) is 3. The molecular formula is C11H18N2O2. The molecule has 0 saturated heterocycles. The van der Waals surface area contributed by atoms with E-state index in [1.807, 2.05) is 13.8 Å². The first-order valence-corrected chi connectivity index (χ1v) is 5.10. The Labute approximate surface area is 89.8 Å². The van der Waals surface area contributed by atoms with Crippen molar-refractivity contribution in [1.29, 1.82) is 0 Å². The van der Waals surface area contributed by atoms with Crippen LogP contribution < -0.4 is 11.1 Å². The first-order valence-electron chi connectivity index (χ1n) is 5.10. The SMILES string of the molecule is CCC(C)(CN)NC(=O)c1ccc(C)o1. The zero-order chi connectivity index (χ0) is 11.5. The van der Waals surface area contributed by atoms with Crippen LogP contribution in [0.3, 0.4) is 0 Å². The molecule has 0 bridgehead atoms. The highest BCUT2D eigenvalue weighted by atomic mass is 16.3. The average molecular weight is 210 g/mol. The van der Waals surface area contributed by atoms with Crippen molar-refractivity contribution >= 4 is 5.91 Å². The molecule has 4 nitrogen and oxygen atoms in total. The average Bonchev–Trinajstić information content (AvgIpc) is 2.65. The summed E-state index contributed by atoms with van der Waals surface area (Å²) in [6, 6.07) is 3.43. The molecule has 3 N–H and O–H groups in total. The molecule has 0 aliphatic heterocycles. The number of furan rings is 1. The molecule has 84 valence electrons. The molecule has 1 atom stereocenters. The van der Waals surface area contributed by atoms with Gasteiger partial charge in [0.1, 0.15) is 5.76 Å². The van der Waals surface area contributed by atoms with Crippen molar-refractivity contribution in [3.63, 3.8) is 0 Å². The van der Waals surface area contributed by atoms with Gasteiger partial charge in [-0.15, -0.1) is 0 Å². The van der Waals surface area contributed by atoms with Gasteiger partial charge >= 0.3 is 0 Å². The highest BCUT2D eigenvalue weighted by Gasteiger charge is 2.24. The van der Waals surface area contributed by atoms with Crippen LogP contribution in [0, 0.1) is 6.92 Å². The summed E-state index contributed by atoms with van der Waals surface area (Å²) >= 11 is 0. The molecule has 0 saturated carbocycles. The number of nitrogens with one attached hydrogen (secondary N) is 1. The summed E-state index contributed by atoms with van der Waals surface area (Å²) in [7, 11) is 0. The fourth-order valence-corrected chi connectivity index (χ4v) is 1.18. The molecule has 1 unspecified atom stereocenters. The molecule has 0 fully saturated rings. The Balaban J connectivity index is 2.71. The van der Waals surface area contributed by atoms with Crippen molar-refractivity contribution in [2.75, 3.05) is 6.54 Å².